The van der Waals surface area contributed by atoms with E-state index >= 15 is 0 Å². The predicted molar refractivity (Wildman–Crippen MR) is 93.4 cm³/mol. The van der Waals surface area contributed by atoms with Gasteiger partial charge in [-0.2, -0.15) is 5.26 Å². The van der Waals surface area contributed by atoms with E-state index in [1.807, 2.05) is 30.3 Å². The molecule has 0 bridgehead atoms. The normalized spacial score (nSPS) is 10.2. The maximum Gasteiger partial charge on any atom is 0.261 e. The second-order valence-corrected chi connectivity index (χ2v) is 5.60. The number of nitrogens with zero attached hydrogens (tertiary/aromatic N) is 2. The van der Waals surface area contributed by atoms with Crippen molar-refractivity contribution in [2.24, 2.45) is 0 Å². The summed E-state index contributed by atoms with van der Waals surface area (Å²) in [4.78, 5) is 16.6. The van der Waals surface area contributed by atoms with Crippen LogP contribution in [0.1, 0.15) is 21.6 Å². The van der Waals surface area contributed by atoms with Crippen molar-refractivity contribution < 1.29 is 13.6 Å². The van der Waals surface area contributed by atoms with Crippen molar-refractivity contribution in [1.29, 1.82) is 5.26 Å². The molecule has 0 fully saturated rings. The molecule has 1 heterocycles. The van der Waals surface area contributed by atoms with Gasteiger partial charge in [-0.25, -0.2) is 8.78 Å². The van der Waals surface area contributed by atoms with Crippen molar-refractivity contribution in [2.45, 2.75) is 6.92 Å². The number of aryl methyl sites for hydroxylation is 1. The lowest BCUT2D eigenvalue weighted by atomic mass is 10.1. The van der Waals surface area contributed by atoms with E-state index in [9.17, 15) is 13.6 Å². The first-order valence-corrected chi connectivity index (χ1v) is 7.72. The minimum atomic E-state index is -1.09. The highest BCUT2D eigenvalue weighted by Crippen LogP contribution is 2.24. The van der Waals surface area contributed by atoms with Gasteiger partial charge in [0.15, 0.2) is 0 Å². The summed E-state index contributed by atoms with van der Waals surface area (Å²) >= 11 is 0. The Morgan fingerprint density at radius 2 is 1.73 bits per heavy atom. The third-order valence-corrected chi connectivity index (χ3v) is 3.84. The Morgan fingerprint density at radius 3 is 2.35 bits per heavy atom. The largest absolute Gasteiger partial charge is 0.320 e. The molecule has 0 aliphatic rings. The second kappa shape index (κ2) is 7.11. The number of rotatable bonds is 3. The van der Waals surface area contributed by atoms with E-state index in [0.717, 1.165) is 23.3 Å². The van der Waals surface area contributed by atoms with Gasteiger partial charge in [0.25, 0.3) is 5.91 Å². The first-order chi connectivity index (χ1) is 12.5. The molecule has 1 aromatic heterocycles. The molecule has 1 N–H and O–H groups in total. The average molecular weight is 349 g/mol. The average Bonchev–Trinajstić information content (AvgIpc) is 2.63. The molecular formula is C20H13F2N3O. The third kappa shape index (κ3) is 3.42. The van der Waals surface area contributed by atoms with Crippen LogP contribution in [0.5, 0.6) is 0 Å². The number of aromatic nitrogens is 1. The van der Waals surface area contributed by atoms with Gasteiger partial charge in [0, 0.05) is 11.8 Å². The van der Waals surface area contributed by atoms with Crippen LogP contribution in [0.25, 0.3) is 11.1 Å². The van der Waals surface area contributed by atoms with Crippen molar-refractivity contribution in [2.75, 3.05) is 5.32 Å². The van der Waals surface area contributed by atoms with E-state index < -0.39 is 23.1 Å². The smallest absolute Gasteiger partial charge is 0.261 e. The number of hydrogen-bond donors (Lipinski definition) is 1. The fourth-order valence-corrected chi connectivity index (χ4v) is 2.49. The maximum absolute atomic E-state index is 14.0. The number of hydrogen-bond acceptors (Lipinski definition) is 3. The first-order valence-electron chi connectivity index (χ1n) is 7.72. The lowest BCUT2D eigenvalue weighted by Crippen LogP contribution is -2.17. The Morgan fingerprint density at radius 1 is 1.08 bits per heavy atom. The number of amides is 1. The SMILES string of the molecule is Cc1ncc(-c2ccccc2)cc1NC(=O)c1c(F)cc(C#N)cc1F. The fraction of sp³-hybridized carbons (Fsp3) is 0.0500. The molecule has 0 saturated carbocycles. The topological polar surface area (TPSA) is 65.8 Å². The molecule has 0 spiro atoms. The Hall–Kier alpha value is -3.59. The minimum Gasteiger partial charge on any atom is -0.320 e. The van der Waals surface area contributed by atoms with Crippen LogP contribution < -0.4 is 5.32 Å². The van der Waals surface area contributed by atoms with E-state index in [-0.39, 0.29) is 5.56 Å². The zero-order valence-electron chi connectivity index (χ0n) is 13.8. The number of nitrogens with one attached hydrogen (secondary N) is 1. The van der Waals surface area contributed by atoms with E-state index in [2.05, 4.69) is 10.3 Å². The molecule has 2 aromatic carbocycles. The number of nitriles is 1. The number of carbonyl (C=O) groups excluding carboxylic acids is 1. The maximum atomic E-state index is 14.0. The van der Waals surface area contributed by atoms with Crippen molar-refractivity contribution >= 4 is 11.6 Å². The molecule has 3 rings (SSSR count). The minimum absolute atomic E-state index is 0.194. The Bertz CT molecular complexity index is 1000. The molecule has 0 radical (unpaired) electrons. The number of anilines is 1. The van der Waals surface area contributed by atoms with E-state index in [4.69, 9.17) is 5.26 Å². The van der Waals surface area contributed by atoms with Crippen LogP contribution in [0.2, 0.25) is 0 Å². The van der Waals surface area contributed by atoms with Crippen LogP contribution in [-0.2, 0) is 0 Å². The van der Waals surface area contributed by atoms with Gasteiger partial charge in [0.05, 0.1) is 23.0 Å². The van der Waals surface area contributed by atoms with E-state index in [0.29, 0.717) is 11.4 Å². The zero-order valence-corrected chi connectivity index (χ0v) is 13.8. The summed E-state index contributed by atoms with van der Waals surface area (Å²) < 4.78 is 28.1. The van der Waals surface area contributed by atoms with Gasteiger partial charge >= 0.3 is 0 Å². The Labute approximate surface area is 148 Å². The van der Waals surface area contributed by atoms with Crippen molar-refractivity contribution in [3.63, 3.8) is 0 Å². The Kier molecular flexibility index (Phi) is 4.72. The van der Waals surface area contributed by atoms with Gasteiger partial charge in [0.1, 0.15) is 17.2 Å². The molecule has 4 nitrogen and oxygen atoms in total. The molecule has 0 atom stereocenters. The highest BCUT2D eigenvalue weighted by Gasteiger charge is 2.20. The fourth-order valence-electron chi connectivity index (χ4n) is 2.49. The summed E-state index contributed by atoms with van der Waals surface area (Å²) in [5.41, 5.74) is 1.57. The van der Waals surface area contributed by atoms with Crippen LogP contribution >= 0.6 is 0 Å². The van der Waals surface area contributed by atoms with Crippen LogP contribution in [-0.4, -0.2) is 10.9 Å². The van der Waals surface area contributed by atoms with Crippen molar-refractivity contribution in [3.8, 4) is 17.2 Å². The molecule has 0 aliphatic heterocycles. The molecule has 0 aliphatic carbocycles. The van der Waals surface area contributed by atoms with Crippen LogP contribution in [0.3, 0.4) is 0 Å². The van der Waals surface area contributed by atoms with Crippen LogP contribution in [0.15, 0.2) is 54.7 Å². The Balaban J connectivity index is 1.95. The van der Waals surface area contributed by atoms with Gasteiger partial charge in [-0.15, -0.1) is 0 Å². The molecule has 3 aromatic rings. The molecule has 6 heteroatoms. The lowest BCUT2D eigenvalue weighted by molar-refractivity contribution is 0.101. The van der Waals surface area contributed by atoms with E-state index in [1.165, 1.54) is 0 Å². The number of benzene rings is 2. The van der Waals surface area contributed by atoms with E-state index in [1.54, 1.807) is 25.3 Å². The quantitative estimate of drug-likeness (QED) is 0.759. The summed E-state index contributed by atoms with van der Waals surface area (Å²) in [5.74, 6) is -3.13. The summed E-state index contributed by atoms with van der Waals surface area (Å²) in [6, 6.07) is 14.4. The van der Waals surface area contributed by atoms with Gasteiger partial charge < -0.3 is 5.32 Å². The monoisotopic (exact) mass is 349 g/mol. The van der Waals surface area contributed by atoms with Gasteiger partial charge in [-0.1, -0.05) is 30.3 Å². The van der Waals surface area contributed by atoms with Crippen molar-refractivity contribution in [3.05, 3.63) is 83.2 Å². The van der Waals surface area contributed by atoms with Gasteiger partial charge in [-0.05, 0) is 30.7 Å². The molecule has 26 heavy (non-hydrogen) atoms. The van der Waals surface area contributed by atoms with Crippen molar-refractivity contribution in [1.82, 2.24) is 4.98 Å². The lowest BCUT2D eigenvalue weighted by Gasteiger charge is -2.11. The molecule has 128 valence electrons. The summed E-state index contributed by atoms with van der Waals surface area (Å²) in [6.07, 6.45) is 1.66. The standard InChI is InChI=1S/C20H13F2N3O/c1-12-18(9-15(11-24-12)14-5-3-2-4-6-14)25-20(26)19-16(21)7-13(10-23)8-17(19)22/h2-9,11H,1H3,(H,25,26). The zero-order chi connectivity index (χ0) is 18.7. The predicted octanol–water partition coefficient (Wildman–Crippen LogP) is 4.46. The molecular weight excluding hydrogens is 336 g/mol. The highest BCUT2D eigenvalue weighted by molar-refractivity contribution is 6.05. The highest BCUT2D eigenvalue weighted by atomic mass is 19.1. The molecule has 0 saturated heterocycles. The first kappa shape index (κ1) is 17.2. The summed E-state index contributed by atoms with van der Waals surface area (Å²) in [5, 5.41) is 11.2. The number of halogens is 2. The molecule has 1 amide bonds. The van der Waals surface area contributed by atoms with Crippen LogP contribution in [0, 0.1) is 29.9 Å². The van der Waals surface area contributed by atoms with Gasteiger partial charge in [-0.3, -0.25) is 9.78 Å². The number of pyridine rings is 1. The van der Waals surface area contributed by atoms with Crippen LogP contribution in [0.4, 0.5) is 14.5 Å². The second-order valence-electron chi connectivity index (χ2n) is 5.60. The third-order valence-electron chi connectivity index (χ3n) is 3.84. The number of carbonyl (C=O) groups is 1. The molecule has 0 unspecified atom stereocenters. The summed E-state index contributed by atoms with van der Waals surface area (Å²) in [7, 11) is 0. The van der Waals surface area contributed by atoms with Gasteiger partial charge in [0.2, 0.25) is 0 Å². The summed E-state index contributed by atoms with van der Waals surface area (Å²) in [6.45, 7) is 1.68.